The van der Waals surface area contributed by atoms with Crippen molar-refractivity contribution in [2.45, 2.75) is 4.90 Å². The van der Waals surface area contributed by atoms with Gasteiger partial charge in [-0.3, -0.25) is 0 Å². The van der Waals surface area contributed by atoms with Crippen LogP contribution in [0.25, 0.3) is 0 Å². The molecule has 0 spiro atoms. The number of hydrogen-bond donors (Lipinski definition) is 1. The van der Waals surface area contributed by atoms with Gasteiger partial charge in [-0.25, -0.2) is 0 Å². The summed E-state index contributed by atoms with van der Waals surface area (Å²) in [5, 5.41) is 9.37. The predicted molar refractivity (Wildman–Crippen MR) is 52.6 cm³/mol. The Bertz CT molecular complexity index is 237. The van der Waals surface area contributed by atoms with E-state index in [0.29, 0.717) is 5.75 Å². The first kappa shape index (κ1) is 8.20. The van der Waals surface area contributed by atoms with Crippen LogP contribution in [0.4, 0.5) is 0 Å². The van der Waals surface area contributed by atoms with Crippen LogP contribution in [0.3, 0.4) is 0 Å². The third kappa shape index (κ3) is 1.58. The highest BCUT2D eigenvalue weighted by atomic mass is 127. The molecule has 54 valence electrons. The first-order valence-corrected chi connectivity index (χ1v) is 5.07. The van der Waals surface area contributed by atoms with Crippen molar-refractivity contribution in [3.05, 3.63) is 21.8 Å². The van der Waals surface area contributed by atoms with Crippen LogP contribution in [-0.2, 0) is 0 Å². The largest absolute Gasteiger partial charge is 0.506 e. The first-order chi connectivity index (χ1) is 4.75. The quantitative estimate of drug-likeness (QED) is 0.623. The molecule has 0 aliphatic carbocycles. The van der Waals surface area contributed by atoms with E-state index in [2.05, 4.69) is 22.6 Å². The lowest BCUT2D eigenvalue weighted by atomic mass is 10.3. The molecule has 0 fully saturated rings. The molecule has 0 aromatic heterocycles. The third-order valence-corrected chi connectivity index (χ3v) is 2.81. The van der Waals surface area contributed by atoms with Gasteiger partial charge in [-0.1, -0.05) is 6.07 Å². The van der Waals surface area contributed by atoms with Crippen LogP contribution >= 0.6 is 34.4 Å². The van der Waals surface area contributed by atoms with Crippen LogP contribution in [0.15, 0.2) is 23.1 Å². The number of halogens is 1. The summed E-state index contributed by atoms with van der Waals surface area (Å²) in [5.74, 6) is 0.399. The molecule has 1 nitrogen and oxygen atoms in total. The van der Waals surface area contributed by atoms with E-state index < -0.39 is 0 Å². The normalized spacial score (nSPS) is 9.80. The molecule has 1 rings (SSSR count). The van der Waals surface area contributed by atoms with Gasteiger partial charge < -0.3 is 5.11 Å². The van der Waals surface area contributed by atoms with Gasteiger partial charge in [-0.05, 0) is 41.0 Å². The maximum Gasteiger partial charge on any atom is 0.142 e. The van der Waals surface area contributed by atoms with Gasteiger partial charge in [-0.2, -0.15) is 0 Å². The van der Waals surface area contributed by atoms with Crippen LogP contribution in [0.1, 0.15) is 0 Å². The second kappa shape index (κ2) is 3.48. The molecule has 1 aromatic rings. The molecule has 1 aromatic carbocycles. The van der Waals surface area contributed by atoms with Gasteiger partial charge in [0.15, 0.2) is 0 Å². The highest BCUT2D eigenvalue weighted by Crippen LogP contribution is 2.30. The molecule has 0 bridgehead atoms. The fraction of sp³-hybridized carbons (Fsp3) is 0.143. The summed E-state index contributed by atoms with van der Waals surface area (Å²) in [5.41, 5.74) is 0. The van der Waals surface area contributed by atoms with Crippen LogP contribution in [0.2, 0.25) is 0 Å². The predicted octanol–water partition coefficient (Wildman–Crippen LogP) is 2.72. The average Bonchev–Trinajstić information content (AvgIpc) is 1.95. The van der Waals surface area contributed by atoms with Crippen molar-refractivity contribution in [1.29, 1.82) is 0 Å². The molecule has 0 saturated carbocycles. The van der Waals surface area contributed by atoms with E-state index in [4.69, 9.17) is 0 Å². The first-order valence-electron chi connectivity index (χ1n) is 2.77. The highest BCUT2D eigenvalue weighted by Gasteiger charge is 2.01. The van der Waals surface area contributed by atoms with Crippen LogP contribution in [0, 0.1) is 3.57 Å². The molecule has 0 heterocycles. The summed E-state index contributed by atoms with van der Waals surface area (Å²) in [6, 6.07) is 5.73. The van der Waals surface area contributed by atoms with Crippen molar-refractivity contribution in [3.8, 4) is 5.75 Å². The summed E-state index contributed by atoms with van der Waals surface area (Å²) < 4.78 is 0.907. The standard InChI is InChI=1S/C7H7IOS/c1-10-6-4-2-3-5(8)7(6)9/h2-4,9H,1H3. The minimum atomic E-state index is 0.399. The smallest absolute Gasteiger partial charge is 0.142 e. The molecule has 0 atom stereocenters. The Balaban J connectivity index is 3.14. The van der Waals surface area contributed by atoms with E-state index >= 15 is 0 Å². The van der Waals surface area contributed by atoms with Crippen molar-refractivity contribution in [1.82, 2.24) is 0 Å². The Morgan fingerprint density at radius 3 is 2.70 bits per heavy atom. The zero-order valence-electron chi connectivity index (χ0n) is 5.47. The molecule has 3 heteroatoms. The van der Waals surface area contributed by atoms with Gasteiger partial charge in [0, 0.05) is 4.90 Å². The van der Waals surface area contributed by atoms with E-state index in [1.807, 2.05) is 24.5 Å². The molecule has 10 heavy (non-hydrogen) atoms. The zero-order chi connectivity index (χ0) is 7.56. The number of phenolic OH excluding ortho intramolecular Hbond substituents is 1. The molecule has 0 amide bonds. The van der Waals surface area contributed by atoms with Crippen molar-refractivity contribution in [2.75, 3.05) is 6.26 Å². The lowest BCUT2D eigenvalue weighted by Crippen LogP contribution is -1.75. The Morgan fingerprint density at radius 1 is 1.50 bits per heavy atom. The maximum atomic E-state index is 9.37. The summed E-state index contributed by atoms with van der Waals surface area (Å²) in [6.45, 7) is 0. The molecule has 0 aliphatic heterocycles. The summed E-state index contributed by atoms with van der Waals surface area (Å²) in [6.07, 6.45) is 1.95. The average molecular weight is 266 g/mol. The number of thioether (sulfide) groups is 1. The minimum absolute atomic E-state index is 0.399. The summed E-state index contributed by atoms with van der Waals surface area (Å²) in [4.78, 5) is 0.937. The van der Waals surface area contributed by atoms with Crippen LogP contribution in [0.5, 0.6) is 5.75 Å². The number of benzene rings is 1. The van der Waals surface area contributed by atoms with Crippen LogP contribution < -0.4 is 0 Å². The van der Waals surface area contributed by atoms with Gasteiger partial charge in [0.05, 0.1) is 3.57 Å². The van der Waals surface area contributed by atoms with Gasteiger partial charge in [0.2, 0.25) is 0 Å². The summed E-state index contributed by atoms with van der Waals surface area (Å²) >= 11 is 3.66. The zero-order valence-corrected chi connectivity index (χ0v) is 8.44. The molecule has 0 radical (unpaired) electrons. The Hall–Kier alpha value is 0.1000. The maximum absolute atomic E-state index is 9.37. The lowest BCUT2D eigenvalue weighted by Gasteiger charge is -2.00. The molecule has 0 aliphatic rings. The monoisotopic (exact) mass is 266 g/mol. The van der Waals surface area contributed by atoms with Gasteiger partial charge in [-0.15, -0.1) is 11.8 Å². The third-order valence-electron chi connectivity index (χ3n) is 1.17. The molecule has 1 N–H and O–H groups in total. The van der Waals surface area contributed by atoms with Gasteiger partial charge >= 0.3 is 0 Å². The number of phenols is 1. The highest BCUT2D eigenvalue weighted by molar-refractivity contribution is 14.1. The van der Waals surface area contributed by atoms with Crippen molar-refractivity contribution in [3.63, 3.8) is 0 Å². The molecular weight excluding hydrogens is 259 g/mol. The topological polar surface area (TPSA) is 20.2 Å². The van der Waals surface area contributed by atoms with Crippen molar-refractivity contribution < 1.29 is 5.11 Å². The second-order valence-electron chi connectivity index (χ2n) is 1.79. The fourth-order valence-corrected chi connectivity index (χ4v) is 1.86. The number of para-hydroxylation sites is 1. The Morgan fingerprint density at radius 2 is 2.20 bits per heavy atom. The second-order valence-corrected chi connectivity index (χ2v) is 3.80. The van der Waals surface area contributed by atoms with E-state index in [1.54, 1.807) is 11.8 Å². The number of rotatable bonds is 1. The van der Waals surface area contributed by atoms with E-state index in [1.165, 1.54) is 0 Å². The summed E-state index contributed by atoms with van der Waals surface area (Å²) in [7, 11) is 0. The van der Waals surface area contributed by atoms with Gasteiger partial charge in [0.25, 0.3) is 0 Å². The SMILES string of the molecule is CSc1cccc(I)c1O. The lowest BCUT2D eigenvalue weighted by molar-refractivity contribution is 0.458. The fourth-order valence-electron chi connectivity index (χ4n) is 0.660. The van der Waals surface area contributed by atoms with Crippen molar-refractivity contribution in [2.24, 2.45) is 0 Å². The van der Waals surface area contributed by atoms with Crippen molar-refractivity contribution >= 4 is 34.4 Å². The minimum Gasteiger partial charge on any atom is -0.506 e. The number of hydrogen-bond acceptors (Lipinski definition) is 2. The van der Waals surface area contributed by atoms with E-state index in [9.17, 15) is 5.11 Å². The molecule has 0 unspecified atom stereocenters. The van der Waals surface area contributed by atoms with Crippen LogP contribution in [-0.4, -0.2) is 11.4 Å². The van der Waals surface area contributed by atoms with Gasteiger partial charge in [0.1, 0.15) is 5.75 Å². The Kier molecular flexibility index (Phi) is 2.85. The number of aromatic hydroxyl groups is 1. The molecular formula is C7H7IOS. The van der Waals surface area contributed by atoms with E-state index in [0.717, 1.165) is 8.47 Å². The van der Waals surface area contributed by atoms with E-state index in [-0.39, 0.29) is 0 Å². The molecule has 0 saturated heterocycles. The Labute approximate surface area is 78.0 Å².